The van der Waals surface area contributed by atoms with Gasteiger partial charge in [-0.15, -0.1) is 0 Å². The van der Waals surface area contributed by atoms with Gasteiger partial charge in [0.2, 0.25) is 0 Å². The maximum Gasteiger partial charge on any atom is 0.195 e. The van der Waals surface area contributed by atoms with Crippen LogP contribution in [0.5, 0.6) is 5.75 Å². The Morgan fingerprint density at radius 2 is 2.05 bits per heavy atom. The second-order valence-corrected chi connectivity index (χ2v) is 5.27. The molecule has 0 amide bonds. The summed E-state index contributed by atoms with van der Waals surface area (Å²) in [4.78, 5) is 0. The van der Waals surface area contributed by atoms with Crippen molar-refractivity contribution in [2.45, 2.75) is 27.0 Å². The first-order chi connectivity index (χ1) is 10.2. The minimum atomic E-state index is 0.403. The van der Waals surface area contributed by atoms with Crippen LogP contribution >= 0.6 is 12.2 Å². The highest BCUT2D eigenvalue weighted by atomic mass is 32.1. The molecule has 2 aromatic carbocycles. The van der Waals surface area contributed by atoms with E-state index in [-0.39, 0.29) is 0 Å². The fourth-order valence-corrected chi connectivity index (χ4v) is 2.77. The SMILES string of the molecule is CCn1c(COc2ccc3ccccc3c2C)n[nH]c1=S. The number of H-pyrrole nitrogens is 1. The van der Waals surface area contributed by atoms with Crippen LogP contribution in [0.1, 0.15) is 18.3 Å². The Hall–Kier alpha value is -2.14. The monoisotopic (exact) mass is 299 g/mol. The topological polar surface area (TPSA) is 42.8 Å². The van der Waals surface area contributed by atoms with Gasteiger partial charge in [-0.1, -0.05) is 30.3 Å². The summed E-state index contributed by atoms with van der Waals surface area (Å²) in [6.07, 6.45) is 0. The van der Waals surface area contributed by atoms with Gasteiger partial charge in [0, 0.05) is 6.54 Å². The molecule has 1 aromatic heterocycles. The first-order valence-electron chi connectivity index (χ1n) is 6.96. The standard InChI is InChI=1S/C16H17N3OS/c1-3-19-15(17-18-16(19)21)10-20-14-9-8-12-6-4-5-7-13(12)11(14)2/h4-9H,3,10H2,1-2H3,(H,18,21). The van der Waals surface area contributed by atoms with Gasteiger partial charge in [0.15, 0.2) is 10.6 Å². The second-order valence-electron chi connectivity index (χ2n) is 4.89. The van der Waals surface area contributed by atoms with E-state index in [9.17, 15) is 0 Å². The number of aromatic nitrogens is 3. The number of benzene rings is 2. The number of hydrogen-bond donors (Lipinski definition) is 1. The fraction of sp³-hybridized carbons (Fsp3) is 0.250. The van der Waals surface area contributed by atoms with E-state index in [0.29, 0.717) is 11.4 Å². The number of rotatable bonds is 4. The molecule has 0 atom stereocenters. The lowest BCUT2D eigenvalue weighted by Gasteiger charge is -2.11. The van der Waals surface area contributed by atoms with Crippen molar-refractivity contribution in [1.29, 1.82) is 0 Å². The molecule has 0 saturated carbocycles. The van der Waals surface area contributed by atoms with Crippen LogP contribution in [0.3, 0.4) is 0 Å². The molecule has 0 aliphatic carbocycles. The van der Waals surface area contributed by atoms with Crippen LogP contribution in [-0.2, 0) is 13.2 Å². The van der Waals surface area contributed by atoms with Crippen LogP contribution in [0.25, 0.3) is 10.8 Å². The molecule has 0 spiro atoms. The minimum Gasteiger partial charge on any atom is -0.485 e. The van der Waals surface area contributed by atoms with E-state index in [2.05, 4.69) is 35.3 Å². The molecule has 0 fully saturated rings. The zero-order valence-corrected chi connectivity index (χ0v) is 12.9. The van der Waals surface area contributed by atoms with Crippen LogP contribution in [0, 0.1) is 11.7 Å². The molecule has 1 N–H and O–H groups in total. The average Bonchev–Trinajstić information content (AvgIpc) is 2.87. The van der Waals surface area contributed by atoms with E-state index in [1.54, 1.807) is 0 Å². The second kappa shape index (κ2) is 5.69. The summed E-state index contributed by atoms with van der Waals surface area (Å²) >= 11 is 5.18. The zero-order chi connectivity index (χ0) is 14.8. The Kier molecular flexibility index (Phi) is 3.75. The number of aromatic amines is 1. The summed E-state index contributed by atoms with van der Waals surface area (Å²) in [5.41, 5.74) is 1.14. The molecule has 0 saturated heterocycles. The third-order valence-corrected chi connectivity index (χ3v) is 3.97. The lowest BCUT2D eigenvalue weighted by Crippen LogP contribution is -2.06. The number of aryl methyl sites for hydroxylation is 1. The first-order valence-corrected chi connectivity index (χ1v) is 7.36. The summed E-state index contributed by atoms with van der Waals surface area (Å²) in [7, 11) is 0. The Morgan fingerprint density at radius 1 is 1.24 bits per heavy atom. The molecule has 0 bridgehead atoms. The van der Waals surface area contributed by atoms with Crippen LogP contribution in [0.4, 0.5) is 0 Å². The van der Waals surface area contributed by atoms with Gasteiger partial charge in [-0.3, -0.25) is 5.10 Å². The predicted octanol–water partition coefficient (Wildman–Crippen LogP) is 4.00. The average molecular weight is 299 g/mol. The number of nitrogens with one attached hydrogen (secondary N) is 1. The third kappa shape index (κ3) is 2.56. The van der Waals surface area contributed by atoms with Gasteiger partial charge in [-0.05, 0) is 48.5 Å². The number of hydrogen-bond acceptors (Lipinski definition) is 3. The highest BCUT2D eigenvalue weighted by molar-refractivity contribution is 7.71. The molecule has 0 aliphatic heterocycles. The highest BCUT2D eigenvalue weighted by Gasteiger charge is 2.08. The summed E-state index contributed by atoms with van der Waals surface area (Å²) in [6.45, 7) is 5.30. The summed E-state index contributed by atoms with van der Waals surface area (Å²) in [5.74, 6) is 1.69. The van der Waals surface area contributed by atoms with E-state index >= 15 is 0 Å². The third-order valence-electron chi connectivity index (χ3n) is 3.66. The number of nitrogens with zero attached hydrogens (tertiary/aromatic N) is 2. The van der Waals surface area contributed by atoms with Crippen molar-refractivity contribution in [3.63, 3.8) is 0 Å². The molecule has 3 aromatic rings. The number of fused-ring (bicyclic) bond motifs is 1. The van der Waals surface area contributed by atoms with E-state index in [1.165, 1.54) is 10.8 Å². The maximum absolute atomic E-state index is 5.94. The van der Waals surface area contributed by atoms with Crippen LogP contribution in [-0.4, -0.2) is 14.8 Å². The normalized spacial score (nSPS) is 11.0. The van der Waals surface area contributed by atoms with Gasteiger partial charge >= 0.3 is 0 Å². The summed E-state index contributed by atoms with van der Waals surface area (Å²) < 4.78 is 8.50. The summed E-state index contributed by atoms with van der Waals surface area (Å²) in [6, 6.07) is 12.4. The molecule has 0 radical (unpaired) electrons. The molecule has 0 aliphatic rings. The van der Waals surface area contributed by atoms with Crippen LogP contribution < -0.4 is 4.74 Å². The van der Waals surface area contributed by atoms with Gasteiger partial charge in [0.1, 0.15) is 12.4 Å². The molecule has 1 heterocycles. The Bertz CT molecular complexity index is 835. The van der Waals surface area contributed by atoms with Crippen molar-refractivity contribution in [3.8, 4) is 5.75 Å². The van der Waals surface area contributed by atoms with Gasteiger partial charge in [-0.2, -0.15) is 5.10 Å². The lowest BCUT2D eigenvalue weighted by atomic mass is 10.0. The molecule has 5 heteroatoms. The van der Waals surface area contributed by atoms with E-state index < -0.39 is 0 Å². The lowest BCUT2D eigenvalue weighted by molar-refractivity contribution is 0.288. The highest BCUT2D eigenvalue weighted by Crippen LogP contribution is 2.27. The Balaban J connectivity index is 1.88. The Morgan fingerprint density at radius 3 is 2.86 bits per heavy atom. The molecule has 108 valence electrons. The molecular formula is C16H17N3OS. The van der Waals surface area contributed by atoms with Crippen molar-refractivity contribution in [2.75, 3.05) is 0 Å². The quantitative estimate of drug-likeness (QED) is 0.740. The number of ether oxygens (including phenoxy) is 1. The van der Waals surface area contributed by atoms with Crippen LogP contribution in [0.15, 0.2) is 36.4 Å². The van der Waals surface area contributed by atoms with Crippen molar-refractivity contribution in [2.24, 2.45) is 0 Å². The molecule has 0 unspecified atom stereocenters. The molecular weight excluding hydrogens is 282 g/mol. The van der Waals surface area contributed by atoms with Gasteiger partial charge < -0.3 is 9.30 Å². The Labute approximate surface area is 128 Å². The molecule has 3 rings (SSSR count). The van der Waals surface area contributed by atoms with E-state index in [0.717, 1.165) is 23.7 Å². The van der Waals surface area contributed by atoms with Gasteiger partial charge in [-0.25, -0.2) is 0 Å². The van der Waals surface area contributed by atoms with Crippen LogP contribution in [0.2, 0.25) is 0 Å². The van der Waals surface area contributed by atoms with Gasteiger partial charge in [0.25, 0.3) is 0 Å². The van der Waals surface area contributed by atoms with Crippen molar-refractivity contribution >= 4 is 23.0 Å². The largest absolute Gasteiger partial charge is 0.485 e. The predicted molar refractivity (Wildman–Crippen MR) is 86.1 cm³/mol. The van der Waals surface area contributed by atoms with Crippen molar-refractivity contribution < 1.29 is 4.74 Å². The van der Waals surface area contributed by atoms with Crippen molar-refractivity contribution in [3.05, 3.63) is 52.6 Å². The van der Waals surface area contributed by atoms with E-state index in [4.69, 9.17) is 17.0 Å². The zero-order valence-electron chi connectivity index (χ0n) is 12.1. The van der Waals surface area contributed by atoms with Crippen molar-refractivity contribution in [1.82, 2.24) is 14.8 Å². The maximum atomic E-state index is 5.94. The first kappa shape index (κ1) is 13.8. The fourth-order valence-electron chi connectivity index (χ4n) is 2.49. The summed E-state index contributed by atoms with van der Waals surface area (Å²) in [5, 5.41) is 9.45. The van der Waals surface area contributed by atoms with E-state index in [1.807, 2.05) is 29.7 Å². The smallest absolute Gasteiger partial charge is 0.195 e. The van der Waals surface area contributed by atoms with Gasteiger partial charge in [0.05, 0.1) is 0 Å². The molecule has 21 heavy (non-hydrogen) atoms. The minimum absolute atomic E-state index is 0.403. The molecule has 4 nitrogen and oxygen atoms in total.